The maximum Gasteiger partial charge on any atom is 0.325 e. The lowest BCUT2D eigenvalue weighted by atomic mass is 10.1. The summed E-state index contributed by atoms with van der Waals surface area (Å²) in [5, 5.41) is 25.3. The van der Waals surface area contributed by atoms with Gasteiger partial charge >= 0.3 is 5.97 Å². The Labute approximate surface area is 173 Å². The first kappa shape index (κ1) is 26.5. The Bertz CT molecular complexity index is 537. The number of aliphatic hydroxyl groups is 1. The molecular formula is C16H30N4O6S2. The standard InChI is InChI=1S/C16H30N4O6S2/c1-9(16(25)26)18-14(23)11(4-6-27-2)20-15(24)12(5-7-28-3)19-13(22)10(17)8-21/h9-12,21H,4-8,17H2,1-3H3,(H,18,23)(H,19,22)(H,20,24)(H,25,26). The number of carboxylic acid groups (broad SMARTS) is 1. The molecule has 0 saturated heterocycles. The molecule has 10 nitrogen and oxygen atoms in total. The van der Waals surface area contributed by atoms with Gasteiger partial charge in [-0.2, -0.15) is 23.5 Å². The number of aliphatic hydroxyl groups excluding tert-OH is 1. The summed E-state index contributed by atoms with van der Waals surface area (Å²) in [5.41, 5.74) is 5.47. The van der Waals surface area contributed by atoms with Gasteiger partial charge < -0.3 is 31.9 Å². The smallest absolute Gasteiger partial charge is 0.325 e. The highest BCUT2D eigenvalue weighted by molar-refractivity contribution is 7.98. The summed E-state index contributed by atoms with van der Waals surface area (Å²) in [6.45, 7) is 0.764. The highest BCUT2D eigenvalue weighted by Gasteiger charge is 2.28. The topological polar surface area (TPSA) is 171 Å². The van der Waals surface area contributed by atoms with E-state index in [2.05, 4.69) is 16.0 Å². The van der Waals surface area contributed by atoms with Gasteiger partial charge in [0.05, 0.1) is 6.61 Å². The van der Waals surface area contributed by atoms with E-state index in [0.29, 0.717) is 24.3 Å². The molecule has 0 aromatic carbocycles. The minimum Gasteiger partial charge on any atom is -0.480 e. The van der Waals surface area contributed by atoms with Gasteiger partial charge in [-0.1, -0.05) is 0 Å². The fourth-order valence-corrected chi connectivity index (χ4v) is 2.96. The second-order valence-electron chi connectivity index (χ2n) is 6.04. The number of nitrogens with two attached hydrogens (primary N) is 1. The van der Waals surface area contributed by atoms with Crippen molar-refractivity contribution in [3.05, 3.63) is 0 Å². The van der Waals surface area contributed by atoms with Gasteiger partial charge in [-0.05, 0) is 43.8 Å². The van der Waals surface area contributed by atoms with Gasteiger partial charge in [-0.25, -0.2) is 0 Å². The number of aliphatic carboxylic acids is 1. The zero-order valence-electron chi connectivity index (χ0n) is 16.3. The molecule has 0 aliphatic heterocycles. The van der Waals surface area contributed by atoms with Crippen LogP contribution in [-0.4, -0.2) is 88.7 Å². The molecule has 3 amide bonds. The van der Waals surface area contributed by atoms with Gasteiger partial charge in [0.15, 0.2) is 0 Å². The number of amides is 3. The van der Waals surface area contributed by atoms with Crippen molar-refractivity contribution in [2.24, 2.45) is 5.73 Å². The normalized spacial score (nSPS) is 15.0. The molecule has 0 saturated carbocycles. The molecule has 0 aromatic heterocycles. The summed E-state index contributed by atoms with van der Waals surface area (Å²) in [6.07, 6.45) is 4.29. The van der Waals surface area contributed by atoms with E-state index in [-0.39, 0.29) is 0 Å². The summed E-state index contributed by atoms with van der Waals surface area (Å²) in [4.78, 5) is 47.9. The molecule has 0 aliphatic carbocycles. The molecule has 12 heteroatoms. The number of hydrogen-bond donors (Lipinski definition) is 6. The van der Waals surface area contributed by atoms with Crippen LogP contribution in [0.25, 0.3) is 0 Å². The van der Waals surface area contributed by atoms with Gasteiger partial charge in [0.25, 0.3) is 0 Å². The average molecular weight is 439 g/mol. The minimum absolute atomic E-state index is 0.296. The first-order valence-electron chi connectivity index (χ1n) is 8.66. The number of hydrogen-bond acceptors (Lipinski definition) is 8. The van der Waals surface area contributed by atoms with E-state index in [0.717, 1.165) is 0 Å². The quantitative estimate of drug-likeness (QED) is 0.186. The van der Waals surface area contributed by atoms with E-state index in [1.54, 1.807) is 0 Å². The van der Waals surface area contributed by atoms with E-state index in [1.807, 2.05) is 12.5 Å². The molecule has 162 valence electrons. The van der Waals surface area contributed by atoms with Crippen LogP contribution in [-0.2, 0) is 19.2 Å². The molecule has 28 heavy (non-hydrogen) atoms. The average Bonchev–Trinajstić information content (AvgIpc) is 2.66. The molecule has 0 rings (SSSR count). The minimum atomic E-state index is -1.19. The lowest BCUT2D eigenvalue weighted by molar-refractivity contribution is -0.141. The van der Waals surface area contributed by atoms with Crippen molar-refractivity contribution < 1.29 is 29.4 Å². The third-order valence-corrected chi connectivity index (χ3v) is 5.04. The molecule has 0 aromatic rings. The molecule has 0 fully saturated rings. The second kappa shape index (κ2) is 14.5. The van der Waals surface area contributed by atoms with Gasteiger partial charge in [-0.3, -0.25) is 19.2 Å². The van der Waals surface area contributed by atoms with E-state index >= 15 is 0 Å². The summed E-state index contributed by atoms with van der Waals surface area (Å²) in [6, 6.07) is -4.13. The molecule has 0 aliphatic rings. The number of carbonyl (C=O) groups excluding carboxylic acids is 3. The molecular weight excluding hydrogens is 408 g/mol. The van der Waals surface area contributed by atoms with Crippen molar-refractivity contribution in [1.82, 2.24) is 16.0 Å². The van der Waals surface area contributed by atoms with Crippen LogP contribution in [0.15, 0.2) is 0 Å². The van der Waals surface area contributed by atoms with E-state index in [4.69, 9.17) is 15.9 Å². The molecule has 0 spiro atoms. The third-order valence-electron chi connectivity index (χ3n) is 3.75. The summed E-state index contributed by atoms with van der Waals surface area (Å²) >= 11 is 2.95. The van der Waals surface area contributed by atoms with Crippen molar-refractivity contribution in [3.8, 4) is 0 Å². The number of nitrogens with one attached hydrogen (secondary N) is 3. The SMILES string of the molecule is CSCCC(NC(=O)C(N)CO)C(=O)NC(CCSC)C(=O)NC(C)C(=O)O. The molecule has 0 radical (unpaired) electrons. The maximum absolute atomic E-state index is 12.7. The predicted molar refractivity (Wildman–Crippen MR) is 110 cm³/mol. The van der Waals surface area contributed by atoms with Crippen LogP contribution in [0.4, 0.5) is 0 Å². The Hall–Kier alpha value is -1.50. The largest absolute Gasteiger partial charge is 0.480 e. The second-order valence-corrected chi connectivity index (χ2v) is 8.01. The van der Waals surface area contributed by atoms with Crippen LogP contribution in [0.1, 0.15) is 19.8 Å². The van der Waals surface area contributed by atoms with Crippen LogP contribution in [0, 0.1) is 0 Å². The van der Waals surface area contributed by atoms with Crippen LogP contribution in [0.3, 0.4) is 0 Å². The Morgan fingerprint density at radius 1 is 0.893 bits per heavy atom. The molecule has 7 N–H and O–H groups in total. The van der Waals surface area contributed by atoms with E-state index in [9.17, 15) is 19.2 Å². The van der Waals surface area contributed by atoms with Crippen molar-refractivity contribution in [2.75, 3.05) is 30.6 Å². The Morgan fingerprint density at radius 3 is 1.71 bits per heavy atom. The fourth-order valence-electron chi connectivity index (χ4n) is 2.02. The third kappa shape index (κ3) is 10.2. The highest BCUT2D eigenvalue weighted by Crippen LogP contribution is 2.06. The van der Waals surface area contributed by atoms with Crippen LogP contribution in [0.5, 0.6) is 0 Å². The fraction of sp³-hybridized carbons (Fsp3) is 0.750. The lowest BCUT2D eigenvalue weighted by Gasteiger charge is -2.24. The lowest BCUT2D eigenvalue weighted by Crippen LogP contribution is -2.57. The molecule has 4 unspecified atom stereocenters. The van der Waals surface area contributed by atoms with Crippen LogP contribution in [0.2, 0.25) is 0 Å². The van der Waals surface area contributed by atoms with Crippen LogP contribution < -0.4 is 21.7 Å². The number of rotatable bonds is 14. The Balaban J connectivity index is 5.18. The zero-order valence-corrected chi connectivity index (χ0v) is 17.9. The molecule has 0 bridgehead atoms. The molecule has 0 heterocycles. The summed E-state index contributed by atoms with van der Waals surface area (Å²) in [7, 11) is 0. The Morgan fingerprint density at radius 2 is 1.32 bits per heavy atom. The highest BCUT2D eigenvalue weighted by atomic mass is 32.2. The monoisotopic (exact) mass is 438 g/mol. The first-order chi connectivity index (χ1) is 13.2. The van der Waals surface area contributed by atoms with Crippen molar-refractivity contribution >= 4 is 47.2 Å². The van der Waals surface area contributed by atoms with Crippen LogP contribution >= 0.6 is 23.5 Å². The van der Waals surface area contributed by atoms with Crippen molar-refractivity contribution in [2.45, 2.75) is 43.9 Å². The summed E-state index contributed by atoms with van der Waals surface area (Å²) in [5.74, 6) is -1.91. The van der Waals surface area contributed by atoms with Gasteiger partial charge in [-0.15, -0.1) is 0 Å². The van der Waals surface area contributed by atoms with Gasteiger partial charge in [0.1, 0.15) is 24.2 Å². The summed E-state index contributed by atoms with van der Waals surface area (Å²) < 4.78 is 0. The number of carboxylic acids is 1. The predicted octanol–water partition coefficient (Wildman–Crippen LogP) is -1.63. The van der Waals surface area contributed by atoms with Crippen molar-refractivity contribution in [1.29, 1.82) is 0 Å². The van der Waals surface area contributed by atoms with Crippen molar-refractivity contribution in [3.63, 3.8) is 0 Å². The zero-order chi connectivity index (χ0) is 21.7. The van der Waals surface area contributed by atoms with Gasteiger partial charge in [0.2, 0.25) is 17.7 Å². The molecule has 4 atom stereocenters. The first-order valence-corrected chi connectivity index (χ1v) is 11.4. The maximum atomic E-state index is 12.7. The number of thioether (sulfide) groups is 2. The number of carbonyl (C=O) groups is 4. The Kier molecular flexibility index (Phi) is 13.7. The van der Waals surface area contributed by atoms with Gasteiger partial charge in [0, 0.05) is 0 Å². The van der Waals surface area contributed by atoms with E-state index < -0.39 is 54.5 Å². The van der Waals surface area contributed by atoms with E-state index in [1.165, 1.54) is 30.4 Å².